The summed E-state index contributed by atoms with van der Waals surface area (Å²) in [6.07, 6.45) is 0.861. The van der Waals surface area contributed by atoms with E-state index in [1.807, 2.05) is 12.1 Å². The Bertz CT molecular complexity index is 725. The number of aryl methyl sites for hydroxylation is 1. The van der Waals surface area contributed by atoms with Gasteiger partial charge in [0, 0.05) is 36.4 Å². The molecule has 2 aromatic rings. The highest BCUT2D eigenvalue weighted by atomic mass is 35.5. The topological polar surface area (TPSA) is 43.8 Å². The Morgan fingerprint density at radius 1 is 1.20 bits per heavy atom. The zero-order valence-electron chi connectivity index (χ0n) is 14.4. The minimum Gasteiger partial charge on any atom is -0.465 e. The number of anilines is 1. The molecule has 1 N–H and O–H groups in total. The van der Waals surface area contributed by atoms with Crippen molar-refractivity contribution in [2.24, 2.45) is 0 Å². The minimum atomic E-state index is -0.821. The average Bonchev–Trinajstić information content (AvgIpc) is 2.61. The van der Waals surface area contributed by atoms with E-state index in [1.54, 1.807) is 0 Å². The summed E-state index contributed by atoms with van der Waals surface area (Å²) in [5.41, 5.74) is 3.61. The van der Waals surface area contributed by atoms with Gasteiger partial charge in [0.05, 0.1) is 0 Å². The number of nitrogens with zero attached hydrogens (tertiary/aromatic N) is 2. The summed E-state index contributed by atoms with van der Waals surface area (Å²) in [5, 5.41) is 9.91. The molecule has 1 amide bonds. The van der Waals surface area contributed by atoms with Crippen LogP contribution in [-0.2, 0) is 6.54 Å². The van der Waals surface area contributed by atoms with Gasteiger partial charge in [-0.2, -0.15) is 0 Å². The van der Waals surface area contributed by atoms with Gasteiger partial charge in [-0.1, -0.05) is 35.9 Å². The van der Waals surface area contributed by atoms with Gasteiger partial charge in [0.15, 0.2) is 0 Å². The summed E-state index contributed by atoms with van der Waals surface area (Å²) in [5.74, 6) is 0. The fraction of sp³-hybridized carbons (Fsp3) is 0.350. The molecule has 1 saturated heterocycles. The summed E-state index contributed by atoms with van der Waals surface area (Å²) < 4.78 is 0. The van der Waals surface area contributed by atoms with E-state index in [4.69, 9.17) is 11.6 Å². The fourth-order valence-electron chi connectivity index (χ4n) is 3.39. The molecule has 132 valence electrons. The number of carbonyl (C=O) groups is 1. The molecule has 2 aromatic carbocycles. The molecule has 1 heterocycles. The zero-order valence-corrected chi connectivity index (χ0v) is 15.1. The van der Waals surface area contributed by atoms with Crippen molar-refractivity contribution in [2.45, 2.75) is 32.4 Å². The number of carboxylic acid groups (broad SMARTS) is 1. The normalized spacial score (nSPS) is 15.2. The third-order valence-electron chi connectivity index (χ3n) is 4.78. The standard InChI is InChI=1S/C20H23ClN2O2/c1-15-3-2-4-19(13-15)23(14-16-5-7-17(21)8-6-16)18-9-11-22(12-10-18)20(24)25/h2-8,13,18H,9-12,14H2,1H3,(H,24,25). The van der Waals surface area contributed by atoms with Gasteiger partial charge in [0.25, 0.3) is 0 Å². The van der Waals surface area contributed by atoms with E-state index in [0.29, 0.717) is 19.1 Å². The van der Waals surface area contributed by atoms with Crippen LogP contribution in [-0.4, -0.2) is 35.2 Å². The van der Waals surface area contributed by atoms with Crippen molar-refractivity contribution in [1.82, 2.24) is 4.90 Å². The largest absolute Gasteiger partial charge is 0.465 e. The lowest BCUT2D eigenvalue weighted by Crippen LogP contribution is -2.46. The van der Waals surface area contributed by atoms with Crippen molar-refractivity contribution in [3.63, 3.8) is 0 Å². The second-order valence-electron chi connectivity index (χ2n) is 6.59. The van der Waals surface area contributed by atoms with Gasteiger partial charge in [-0.15, -0.1) is 0 Å². The van der Waals surface area contributed by atoms with Crippen LogP contribution in [0.15, 0.2) is 48.5 Å². The van der Waals surface area contributed by atoms with Gasteiger partial charge in [-0.25, -0.2) is 4.79 Å². The first-order chi connectivity index (χ1) is 12.0. The van der Waals surface area contributed by atoms with Crippen LogP contribution in [0.3, 0.4) is 0 Å². The van der Waals surface area contributed by atoms with Crippen molar-refractivity contribution >= 4 is 23.4 Å². The molecule has 0 aliphatic carbocycles. The Morgan fingerprint density at radius 2 is 1.88 bits per heavy atom. The van der Waals surface area contributed by atoms with Crippen LogP contribution in [0.25, 0.3) is 0 Å². The van der Waals surface area contributed by atoms with Crippen molar-refractivity contribution in [3.05, 3.63) is 64.7 Å². The van der Waals surface area contributed by atoms with Crippen LogP contribution in [0.4, 0.5) is 10.5 Å². The minimum absolute atomic E-state index is 0.327. The Labute approximate surface area is 153 Å². The number of halogens is 1. The Balaban J connectivity index is 1.82. The Hall–Kier alpha value is -2.20. The summed E-state index contributed by atoms with van der Waals surface area (Å²) in [4.78, 5) is 15.1. The third kappa shape index (κ3) is 4.45. The van der Waals surface area contributed by atoms with Gasteiger partial charge in [0.2, 0.25) is 0 Å². The monoisotopic (exact) mass is 358 g/mol. The van der Waals surface area contributed by atoms with E-state index in [-0.39, 0.29) is 0 Å². The molecular weight excluding hydrogens is 336 g/mol. The molecule has 3 rings (SSSR count). The third-order valence-corrected chi connectivity index (χ3v) is 5.03. The molecule has 1 aliphatic rings. The van der Waals surface area contributed by atoms with E-state index in [1.165, 1.54) is 21.7 Å². The molecule has 1 fully saturated rings. The van der Waals surface area contributed by atoms with Crippen LogP contribution in [0.5, 0.6) is 0 Å². The van der Waals surface area contributed by atoms with Gasteiger partial charge in [-0.3, -0.25) is 0 Å². The van der Waals surface area contributed by atoms with Crippen molar-refractivity contribution in [3.8, 4) is 0 Å². The van der Waals surface area contributed by atoms with E-state index >= 15 is 0 Å². The summed E-state index contributed by atoms with van der Waals surface area (Å²) in [6, 6.07) is 16.8. The van der Waals surface area contributed by atoms with E-state index < -0.39 is 6.09 Å². The SMILES string of the molecule is Cc1cccc(N(Cc2ccc(Cl)cc2)C2CCN(C(=O)O)CC2)c1. The summed E-state index contributed by atoms with van der Waals surface area (Å²) in [7, 11) is 0. The first kappa shape index (κ1) is 17.6. The van der Waals surface area contributed by atoms with Gasteiger partial charge < -0.3 is 14.9 Å². The van der Waals surface area contributed by atoms with E-state index in [0.717, 1.165) is 24.4 Å². The quantitative estimate of drug-likeness (QED) is 0.853. The molecule has 0 unspecified atom stereocenters. The molecule has 1 aliphatic heterocycles. The van der Waals surface area contributed by atoms with Crippen LogP contribution < -0.4 is 4.90 Å². The second-order valence-corrected chi connectivity index (χ2v) is 7.03. The highest BCUT2D eigenvalue weighted by Crippen LogP contribution is 2.27. The molecule has 0 spiro atoms. The van der Waals surface area contributed by atoms with E-state index in [2.05, 4.69) is 48.2 Å². The molecular formula is C20H23ClN2O2. The van der Waals surface area contributed by atoms with Gasteiger partial charge in [0.1, 0.15) is 0 Å². The highest BCUT2D eigenvalue weighted by Gasteiger charge is 2.27. The van der Waals surface area contributed by atoms with Gasteiger partial charge in [-0.05, 0) is 55.2 Å². The first-order valence-corrected chi connectivity index (χ1v) is 8.96. The lowest BCUT2D eigenvalue weighted by atomic mass is 10.0. The molecule has 0 aromatic heterocycles. The number of rotatable bonds is 4. The maximum atomic E-state index is 11.2. The predicted octanol–water partition coefficient (Wildman–Crippen LogP) is 4.80. The Morgan fingerprint density at radius 3 is 2.48 bits per heavy atom. The molecule has 5 heteroatoms. The van der Waals surface area contributed by atoms with Crippen LogP contribution >= 0.6 is 11.6 Å². The van der Waals surface area contributed by atoms with Gasteiger partial charge >= 0.3 is 6.09 Å². The van der Waals surface area contributed by atoms with Crippen molar-refractivity contribution in [2.75, 3.05) is 18.0 Å². The molecule has 0 saturated carbocycles. The Kier molecular flexibility index (Phi) is 5.49. The number of hydrogen-bond acceptors (Lipinski definition) is 2. The van der Waals surface area contributed by atoms with E-state index in [9.17, 15) is 9.90 Å². The number of hydrogen-bond donors (Lipinski definition) is 1. The summed E-state index contributed by atoms with van der Waals surface area (Å²) in [6.45, 7) is 4.06. The number of benzene rings is 2. The van der Waals surface area contributed by atoms with Crippen LogP contribution in [0.2, 0.25) is 5.02 Å². The maximum absolute atomic E-state index is 11.2. The average molecular weight is 359 g/mol. The lowest BCUT2D eigenvalue weighted by molar-refractivity contribution is 0.131. The fourth-order valence-corrected chi connectivity index (χ4v) is 3.52. The van der Waals surface area contributed by atoms with Crippen molar-refractivity contribution < 1.29 is 9.90 Å². The lowest BCUT2D eigenvalue weighted by Gasteiger charge is -2.39. The smallest absolute Gasteiger partial charge is 0.407 e. The number of likely N-dealkylation sites (tertiary alicyclic amines) is 1. The van der Waals surface area contributed by atoms with Crippen LogP contribution in [0, 0.1) is 6.92 Å². The molecule has 25 heavy (non-hydrogen) atoms. The van der Waals surface area contributed by atoms with Crippen LogP contribution in [0.1, 0.15) is 24.0 Å². The zero-order chi connectivity index (χ0) is 17.8. The molecule has 0 radical (unpaired) electrons. The first-order valence-electron chi connectivity index (χ1n) is 8.58. The molecule has 0 atom stereocenters. The summed E-state index contributed by atoms with van der Waals surface area (Å²) >= 11 is 6.01. The molecule has 4 nitrogen and oxygen atoms in total. The maximum Gasteiger partial charge on any atom is 0.407 e. The second kappa shape index (κ2) is 7.79. The number of piperidine rings is 1. The van der Waals surface area contributed by atoms with Crippen molar-refractivity contribution in [1.29, 1.82) is 0 Å². The number of amides is 1. The highest BCUT2D eigenvalue weighted by molar-refractivity contribution is 6.30. The predicted molar refractivity (Wildman–Crippen MR) is 101 cm³/mol. The molecule has 0 bridgehead atoms.